The third kappa shape index (κ3) is 5.97. The Labute approximate surface area is 184 Å². The van der Waals surface area contributed by atoms with Gasteiger partial charge in [0.15, 0.2) is 6.61 Å². The van der Waals surface area contributed by atoms with Crippen molar-refractivity contribution in [3.05, 3.63) is 65.4 Å². The first-order valence-corrected chi connectivity index (χ1v) is 10.7. The smallest absolute Gasteiger partial charge is 0.277 e. The first-order chi connectivity index (χ1) is 14.5. The molecule has 5 nitrogen and oxygen atoms in total. The van der Waals surface area contributed by atoms with Crippen LogP contribution in [-0.2, 0) is 10.2 Å². The van der Waals surface area contributed by atoms with Gasteiger partial charge in [0.25, 0.3) is 5.91 Å². The molecule has 0 radical (unpaired) electrons. The number of aromatic amines is 1. The number of ether oxygens (including phenoxy) is 1. The van der Waals surface area contributed by atoms with E-state index in [0.29, 0.717) is 5.75 Å². The minimum Gasteiger partial charge on any atom is -0.484 e. The van der Waals surface area contributed by atoms with Crippen LogP contribution in [0, 0.1) is 12.3 Å². The van der Waals surface area contributed by atoms with Crippen LogP contribution < -0.4 is 10.2 Å². The number of carbonyl (C=O) groups is 1. The second kappa shape index (κ2) is 8.96. The number of carbonyl (C=O) groups excluding carboxylic acids is 1. The SMILES string of the molecule is Cc1[nH]c2ccccc2c1/C=N/NC(=O)COc1ccc(C(C)(C)CC(C)(C)C)cc1. The Morgan fingerprint density at radius 1 is 1.06 bits per heavy atom. The van der Waals surface area contributed by atoms with Crippen LogP contribution in [0.15, 0.2) is 53.6 Å². The zero-order valence-electron chi connectivity index (χ0n) is 19.4. The number of fused-ring (bicyclic) bond motifs is 1. The molecule has 5 heteroatoms. The summed E-state index contributed by atoms with van der Waals surface area (Å²) < 4.78 is 5.63. The molecule has 31 heavy (non-hydrogen) atoms. The highest BCUT2D eigenvalue weighted by Gasteiger charge is 2.27. The Morgan fingerprint density at radius 2 is 1.74 bits per heavy atom. The first-order valence-electron chi connectivity index (χ1n) is 10.7. The molecule has 1 amide bonds. The Morgan fingerprint density at radius 3 is 2.42 bits per heavy atom. The van der Waals surface area contributed by atoms with Crippen LogP contribution in [0.3, 0.4) is 0 Å². The monoisotopic (exact) mass is 419 g/mol. The fraction of sp³-hybridized carbons (Fsp3) is 0.385. The number of amides is 1. The maximum Gasteiger partial charge on any atom is 0.277 e. The molecule has 3 aromatic rings. The van der Waals surface area contributed by atoms with Crippen LogP contribution in [0.4, 0.5) is 0 Å². The highest BCUT2D eigenvalue weighted by Crippen LogP contribution is 2.36. The van der Waals surface area contributed by atoms with Gasteiger partial charge in [0.1, 0.15) is 5.75 Å². The van der Waals surface area contributed by atoms with E-state index < -0.39 is 0 Å². The van der Waals surface area contributed by atoms with E-state index in [4.69, 9.17) is 4.74 Å². The standard InChI is InChI=1S/C26H33N3O2/c1-18-22(21-9-7-8-10-23(21)28-18)15-27-29-24(30)16-31-20-13-11-19(12-14-20)26(5,6)17-25(2,3)4/h7-15,28H,16-17H2,1-6H3,(H,29,30)/b27-15+. The van der Waals surface area contributed by atoms with Gasteiger partial charge in [0.2, 0.25) is 0 Å². The minimum atomic E-state index is -0.300. The molecule has 0 unspecified atom stereocenters. The van der Waals surface area contributed by atoms with Crippen molar-refractivity contribution < 1.29 is 9.53 Å². The summed E-state index contributed by atoms with van der Waals surface area (Å²) in [5.74, 6) is 0.368. The van der Waals surface area contributed by atoms with Crippen LogP contribution in [-0.4, -0.2) is 23.7 Å². The molecule has 0 spiro atoms. The van der Waals surface area contributed by atoms with Gasteiger partial charge in [-0.2, -0.15) is 5.10 Å². The number of nitrogens with zero attached hydrogens (tertiary/aromatic N) is 1. The maximum absolute atomic E-state index is 12.1. The van der Waals surface area contributed by atoms with Gasteiger partial charge in [0, 0.05) is 22.2 Å². The molecule has 2 aromatic carbocycles. The summed E-state index contributed by atoms with van der Waals surface area (Å²) in [6, 6.07) is 16.0. The third-order valence-corrected chi connectivity index (χ3v) is 5.30. The average molecular weight is 420 g/mol. The average Bonchev–Trinajstić information content (AvgIpc) is 3.00. The molecular formula is C26H33N3O2. The van der Waals surface area contributed by atoms with Gasteiger partial charge in [0.05, 0.1) is 6.21 Å². The van der Waals surface area contributed by atoms with E-state index >= 15 is 0 Å². The number of H-pyrrole nitrogens is 1. The third-order valence-electron chi connectivity index (χ3n) is 5.30. The van der Waals surface area contributed by atoms with Crippen molar-refractivity contribution in [2.45, 2.75) is 53.4 Å². The summed E-state index contributed by atoms with van der Waals surface area (Å²) in [7, 11) is 0. The lowest BCUT2D eigenvalue weighted by Crippen LogP contribution is -2.25. The van der Waals surface area contributed by atoms with E-state index in [1.165, 1.54) is 5.56 Å². The number of nitrogens with one attached hydrogen (secondary N) is 2. The molecule has 1 heterocycles. The lowest BCUT2D eigenvalue weighted by atomic mass is 9.72. The molecule has 0 aliphatic rings. The van der Waals surface area contributed by atoms with Crippen LogP contribution in [0.5, 0.6) is 5.75 Å². The number of aromatic nitrogens is 1. The summed E-state index contributed by atoms with van der Waals surface area (Å²) >= 11 is 0. The summed E-state index contributed by atoms with van der Waals surface area (Å²) in [5.41, 5.74) is 7.14. The number of aryl methyl sites for hydroxylation is 1. The van der Waals surface area contributed by atoms with Gasteiger partial charge in [-0.05, 0) is 47.9 Å². The van der Waals surface area contributed by atoms with Gasteiger partial charge in [-0.25, -0.2) is 5.43 Å². The topological polar surface area (TPSA) is 66.5 Å². The number of para-hydroxylation sites is 1. The number of benzene rings is 2. The summed E-state index contributed by atoms with van der Waals surface area (Å²) in [4.78, 5) is 15.4. The fourth-order valence-corrected chi connectivity index (χ4v) is 4.24. The molecule has 0 aliphatic carbocycles. The fourth-order valence-electron chi connectivity index (χ4n) is 4.24. The van der Waals surface area contributed by atoms with Crippen molar-refractivity contribution >= 4 is 23.0 Å². The Hall–Kier alpha value is -3.08. The summed E-state index contributed by atoms with van der Waals surface area (Å²) in [6.07, 6.45) is 2.74. The lowest BCUT2D eigenvalue weighted by Gasteiger charge is -2.33. The molecule has 0 fully saturated rings. The van der Waals surface area contributed by atoms with Crippen molar-refractivity contribution in [2.75, 3.05) is 6.61 Å². The predicted molar refractivity (Wildman–Crippen MR) is 128 cm³/mol. The van der Waals surface area contributed by atoms with E-state index in [1.807, 2.05) is 43.3 Å². The number of hydrazone groups is 1. The Balaban J connectivity index is 1.54. The van der Waals surface area contributed by atoms with Crippen LogP contribution in [0.2, 0.25) is 0 Å². The highest BCUT2D eigenvalue weighted by atomic mass is 16.5. The van der Waals surface area contributed by atoms with Gasteiger partial charge in [-0.15, -0.1) is 0 Å². The van der Waals surface area contributed by atoms with Gasteiger partial charge >= 0.3 is 0 Å². The van der Waals surface area contributed by atoms with E-state index in [9.17, 15) is 4.79 Å². The zero-order valence-corrected chi connectivity index (χ0v) is 19.4. The first kappa shape index (κ1) is 22.6. The molecule has 0 bridgehead atoms. The molecule has 3 rings (SSSR count). The van der Waals surface area contributed by atoms with Crippen LogP contribution >= 0.6 is 0 Å². The Bertz CT molecular complexity index is 1070. The number of hydrogen-bond donors (Lipinski definition) is 2. The van der Waals surface area contributed by atoms with Crippen LogP contribution in [0.25, 0.3) is 10.9 Å². The molecule has 0 aliphatic heterocycles. The van der Waals surface area contributed by atoms with Crippen molar-refractivity contribution in [1.82, 2.24) is 10.4 Å². The molecule has 164 valence electrons. The number of rotatable bonds is 7. The van der Waals surface area contributed by atoms with Crippen molar-refractivity contribution in [3.8, 4) is 5.75 Å². The van der Waals surface area contributed by atoms with Crippen molar-refractivity contribution in [1.29, 1.82) is 0 Å². The second-order valence-corrected chi connectivity index (χ2v) is 9.94. The molecule has 0 saturated heterocycles. The van der Waals surface area contributed by atoms with Crippen LogP contribution in [0.1, 0.15) is 57.9 Å². The minimum absolute atomic E-state index is 0.0728. The summed E-state index contributed by atoms with van der Waals surface area (Å²) in [6.45, 7) is 13.2. The molecule has 0 atom stereocenters. The van der Waals surface area contributed by atoms with E-state index in [0.717, 1.165) is 28.6 Å². The van der Waals surface area contributed by atoms with Gasteiger partial charge < -0.3 is 9.72 Å². The van der Waals surface area contributed by atoms with E-state index in [-0.39, 0.29) is 23.3 Å². The lowest BCUT2D eigenvalue weighted by molar-refractivity contribution is -0.123. The quantitative estimate of drug-likeness (QED) is 0.380. The normalized spacial score (nSPS) is 12.5. The Kier molecular flexibility index (Phi) is 6.54. The molecular weight excluding hydrogens is 386 g/mol. The zero-order chi connectivity index (χ0) is 22.6. The van der Waals surface area contributed by atoms with E-state index in [1.54, 1.807) is 6.21 Å². The summed E-state index contributed by atoms with van der Waals surface area (Å²) in [5, 5.41) is 5.17. The molecule has 1 aromatic heterocycles. The largest absolute Gasteiger partial charge is 0.484 e. The predicted octanol–water partition coefficient (Wildman–Crippen LogP) is 5.72. The van der Waals surface area contributed by atoms with Gasteiger partial charge in [-0.3, -0.25) is 4.79 Å². The number of hydrogen-bond acceptors (Lipinski definition) is 3. The molecule has 2 N–H and O–H groups in total. The maximum atomic E-state index is 12.1. The highest BCUT2D eigenvalue weighted by molar-refractivity contribution is 6.00. The second-order valence-electron chi connectivity index (χ2n) is 9.94. The van der Waals surface area contributed by atoms with Gasteiger partial charge in [-0.1, -0.05) is 65.0 Å². The van der Waals surface area contributed by atoms with Crippen molar-refractivity contribution in [3.63, 3.8) is 0 Å². The van der Waals surface area contributed by atoms with Crippen molar-refractivity contribution in [2.24, 2.45) is 10.5 Å². The van der Waals surface area contributed by atoms with E-state index in [2.05, 4.69) is 62.3 Å². The molecule has 0 saturated carbocycles.